The number of nitrogens with one attached hydrogen (secondary N) is 2. The Labute approximate surface area is 184 Å². The van der Waals surface area contributed by atoms with Crippen LogP contribution in [-0.2, 0) is 0 Å². The van der Waals surface area contributed by atoms with Crippen molar-refractivity contribution in [1.82, 2.24) is 25.4 Å². The summed E-state index contributed by atoms with van der Waals surface area (Å²) in [5, 5.41) is 10.5. The van der Waals surface area contributed by atoms with Crippen molar-refractivity contribution in [2.24, 2.45) is 0 Å². The zero-order valence-electron chi connectivity index (χ0n) is 17.1. The molecule has 4 rings (SSSR count). The second-order valence-electron chi connectivity index (χ2n) is 7.37. The average molecular weight is 440 g/mol. The summed E-state index contributed by atoms with van der Waals surface area (Å²) in [7, 11) is 1.50. The van der Waals surface area contributed by atoms with Crippen LogP contribution in [0.4, 0.5) is 0 Å². The van der Waals surface area contributed by atoms with Gasteiger partial charge < -0.3 is 15.0 Å². The molecule has 1 aromatic heterocycles. The number of nitrogens with zero attached hydrogens (tertiary/aromatic N) is 3. The van der Waals surface area contributed by atoms with Crippen molar-refractivity contribution in [2.45, 2.75) is 25.4 Å². The lowest BCUT2D eigenvalue weighted by Gasteiger charge is -2.23. The lowest BCUT2D eigenvalue weighted by molar-refractivity contribution is 0.0721. The standard InChI is InChI=1S/C22H22ClN5O3/c1-13-24-20(27-26-13)18-11-16(25-21(29)14-6-4-3-5-7-14)12-28(18)22(30)17-10-15(23)8-9-19(17)31-2/h3-10,16,18H,11-12H2,1-2H3,(H,25,29)(H,24,26,27)/t16-,18-/m0/s1. The number of amides is 2. The maximum absolute atomic E-state index is 13.5. The second-order valence-corrected chi connectivity index (χ2v) is 7.81. The SMILES string of the molecule is COc1ccc(Cl)cc1C(=O)N1C[C@@H](NC(=O)c2ccccc2)C[C@H]1c1n[nH]c(C)n1. The molecule has 2 aromatic carbocycles. The molecule has 1 aliphatic heterocycles. The van der Waals surface area contributed by atoms with Gasteiger partial charge in [0.2, 0.25) is 0 Å². The third-order valence-corrected chi connectivity index (χ3v) is 5.47. The van der Waals surface area contributed by atoms with Crippen LogP contribution in [-0.4, -0.2) is 51.6 Å². The van der Waals surface area contributed by atoms with E-state index in [9.17, 15) is 9.59 Å². The van der Waals surface area contributed by atoms with E-state index in [0.717, 1.165) is 0 Å². The van der Waals surface area contributed by atoms with E-state index >= 15 is 0 Å². The predicted molar refractivity (Wildman–Crippen MR) is 115 cm³/mol. The van der Waals surface area contributed by atoms with Crippen LogP contribution >= 0.6 is 11.6 Å². The van der Waals surface area contributed by atoms with Crippen LogP contribution in [0.5, 0.6) is 5.75 Å². The van der Waals surface area contributed by atoms with E-state index in [-0.39, 0.29) is 17.9 Å². The highest BCUT2D eigenvalue weighted by molar-refractivity contribution is 6.31. The Morgan fingerprint density at radius 2 is 2.00 bits per heavy atom. The van der Waals surface area contributed by atoms with E-state index in [4.69, 9.17) is 16.3 Å². The van der Waals surface area contributed by atoms with Gasteiger partial charge in [-0.2, -0.15) is 5.10 Å². The molecule has 1 aliphatic rings. The molecule has 2 atom stereocenters. The van der Waals surface area contributed by atoms with Crippen molar-refractivity contribution < 1.29 is 14.3 Å². The summed E-state index contributed by atoms with van der Waals surface area (Å²) >= 11 is 6.13. The van der Waals surface area contributed by atoms with Gasteiger partial charge in [-0.15, -0.1) is 0 Å². The lowest BCUT2D eigenvalue weighted by atomic mass is 10.1. The first-order valence-electron chi connectivity index (χ1n) is 9.85. The van der Waals surface area contributed by atoms with Crippen molar-refractivity contribution in [3.8, 4) is 5.75 Å². The number of aryl methyl sites for hydroxylation is 1. The molecule has 1 saturated heterocycles. The number of likely N-dealkylation sites (tertiary alicyclic amines) is 1. The molecule has 0 radical (unpaired) electrons. The molecule has 2 amide bonds. The predicted octanol–water partition coefficient (Wildman–Crippen LogP) is 3.16. The average Bonchev–Trinajstić information content (AvgIpc) is 3.40. The van der Waals surface area contributed by atoms with Crippen LogP contribution in [0, 0.1) is 6.92 Å². The van der Waals surface area contributed by atoms with Crippen molar-refractivity contribution in [2.75, 3.05) is 13.7 Å². The fraction of sp³-hybridized carbons (Fsp3) is 0.273. The molecule has 31 heavy (non-hydrogen) atoms. The van der Waals surface area contributed by atoms with E-state index < -0.39 is 6.04 Å². The largest absolute Gasteiger partial charge is 0.496 e. The van der Waals surface area contributed by atoms with Crippen LogP contribution in [0.1, 0.15) is 44.8 Å². The summed E-state index contributed by atoms with van der Waals surface area (Å²) in [6, 6.07) is 13.2. The summed E-state index contributed by atoms with van der Waals surface area (Å²) in [4.78, 5) is 32.2. The number of hydrogen-bond acceptors (Lipinski definition) is 5. The molecule has 160 valence electrons. The topological polar surface area (TPSA) is 100 Å². The smallest absolute Gasteiger partial charge is 0.258 e. The van der Waals surface area contributed by atoms with Gasteiger partial charge in [0.25, 0.3) is 11.8 Å². The first kappa shape index (κ1) is 20.9. The molecule has 2 heterocycles. The van der Waals surface area contributed by atoms with E-state index in [1.165, 1.54) is 7.11 Å². The minimum Gasteiger partial charge on any atom is -0.496 e. The normalized spacial score (nSPS) is 18.1. The molecule has 0 saturated carbocycles. The number of benzene rings is 2. The number of carbonyl (C=O) groups excluding carboxylic acids is 2. The van der Waals surface area contributed by atoms with Gasteiger partial charge in [-0.25, -0.2) is 4.98 Å². The van der Waals surface area contributed by atoms with Crippen LogP contribution < -0.4 is 10.1 Å². The first-order valence-corrected chi connectivity index (χ1v) is 10.2. The van der Waals surface area contributed by atoms with Gasteiger partial charge in [0.1, 0.15) is 11.6 Å². The van der Waals surface area contributed by atoms with Crippen LogP contribution in [0.25, 0.3) is 0 Å². The third kappa shape index (κ3) is 4.39. The van der Waals surface area contributed by atoms with Crippen molar-refractivity contribution in [3.63, 3.8) is 0 Å². The molecule has 1 fully saturated rings. The summed E-state index contributed by atoms with van der Waals surface area (Å²) in [6.45, 7) is 2.11. The van der Waals surface area contributed by atoms with Crippen LogP contribution in [0.3, 0.4) is 0 Å². The second kappa shape index (κ2) is 8.77. The van der Waals surface area contributed by atoms with Gasteiger partial charge in [0.05, 0.1) is 18.7 Å². The number of rotatable bonds is 5. The molecule has 3 aromatic rings. The van der Waals surface area contributed by atoms with Crippen molar-refractivity contribution in [3.05, 3.63) is 76.3 Å². The number of halogens is 1. The lowest BCUT2D eigenvalue weighted by Crippen LogP contribution is -2.38. The third-order valence-electron chi connectivity index (χ3n) is 5.24. The zero-order chi connectivity index (χ0) is 22.0. The highest BCUT2D eigenvalue weighted by Gasteiger charge is 2.40. The number of aromatic amines is 1. The Kier molecular flexibility index (Phi) is 5.90. The van der Waals surface area contributed by atoms with Gasteiger partial charge in [0.15, 0.2) is 5.82 Å². The summed E-state index contributed by atoms with van der Waals surface area (Å²) < 4.78 is 5.36. The Morgan fingerprint density at radius 3 is 2.68 bits per heavy atom. The molecule has 0 spiro atoms. The quantitative estimate of drug-likeness (QED) is 0.636. The summed E-state index contributed by atoms with van der Waals surface area (Å²) in [5.74, 6) is 1.13. The Morgan fingerprint density at radius 1 is 1.23 bits per heavy atom. The molecule has 0 aliphatic carbocycles. The first-order chi connectivity index (χ1) is 15.0. The molecule has 9 heteroatoms. The van der Waals surface area contributed by atoms with E-state index in [2.05, 4.69) is 20.5 Å². The molecular formula is C22H22ClN5O3. The highest BCUT2D eigenvalue weighted by atomic mass is 35.5. The Balaban J connectivity index is 1.62. The monoisotopic (exact) mass is 439 g/mol. The summed E-state index contributed by atoms with van der Waals surface area (Å²) in [6.07, 6.45) is 0.491. The van der Waals surface area contributed by atoms with E-state index in [0.29, 0.717) is 46.5 Å². The van der Waals surface area contributed by atoms with Gasteiger partial charge in [-0.05, 0) is 43.7 Å². The number of hydrogen-bond donors (Lipinski definition) is 2. The molecular weight excluding hydrogens is 418 g/mol. The Bertz CT molecular complexity index is 1100. The van der Waals surface area contributed by atoms with Crippen LogP contribution in [0.2, 0.25) is 5.02 Å². The highest BCUT2D eigenvalue weighted by Crippen LogP contribution is 2.34. The molecule has 2 N–H and O–H groups in total. The fourth-order valence-corrected chi connectivity index (χ4v) is 3.95. The number of ether oxygens (including phenoxy) is 1. The minimum absolute atomic E-state index is 0.190. The Hall–Kier alpha value is -3.39. The number of aromatic nitrogens is 3. The van der Waals surface area contributed by atoms with Crippen molar-refractivity contribution in [1.29, 1.82) is 0 Å². The molecule has 8 nitrogen and oxygen atoms in total. The number of H-pyrrole nitrogens is 1. The maximum Gasteiger partial charge on any atom is 0.258 e. The number of carbonyl (C=O) groups is 2. The number of methoxy groups -OCH3 is 1. The van der Waals surface area contributed by atoms with Gasteiger partial charge in [-0.3, -0.25) is 14.7 Å². The summed E-state index contributed by atoms with van der Waals surface area (Å²) in [5.41, 5.74) is 0.913. The van der Waals surface area contributed by atoms with E-state index in [1.807, 2.05) is 18.2 Å². The van der Waals surface area contributed by atoms with Gasteiger partial charge in [0, 0.05) is 23.2 Å². The zero-order valence-corrected chi connectivity index (χ0v) is 17.9. The van der Waals surface area contributed by atoms with Crippen molar-refractivity contribution >= 4 is 23.4 Å². The minimum atomic E-state index is -0.401. The van der Waals surface area contributed by atoms with Gasteiger partial charge >= 0.3 is 0 Å². The fourth-order valence-electron chi connectivity index (χ4n) is 3.78. The van der Waals surface area contributed by atoms with E-state index in [1.54, 1.807) is 42.2 Å². The van der Waals surface area contributed by atoms with Gasteiger partial charge in [-0.1, -0.05) is 29.8 Å². The molecule has 0 unspecified atom stereocenters. The maximum atomic E-state index is 13.5. The van der Waals surface area contributed by atoms with Crippen LogP contribution in [0.15, 0.2) is 48.5 Å². The molecule has 0 bridgehead atoms.